The van der Waals surface area contributed by atoms with E-state index in [-0.39, 0.29) is 12.0 Å². The van der Waals surface area contributed by atoms with E-state index in [1.165, 1.54) is 6.42 Å². The molecular weight excluding hydrogens is 364 g/mol. The second-order valence-corrected chi connectivity index (χ2v) is 7.76. The SMILES string of the molecule is CCn1cc(-c2ccc(CN3Cc4ccnc(OC5CCC5)c4C3=O)cc2)cn1. The van der Waals surface area contributed by atoms with E-state index < -0.39 is 0 Å². The van der Waals surface area contributed by atoms with Gasteiger partial charge in [0, 0.05) is 37.6 Å². The number of benzene rings is 1. The number of aryl methyl sites for hydroxylation is 1. The number of carbonyl (C=O) groups is 1. The quantitative estimate of drug-likeness (QED) is 0.639. The van der Waals surface area contributed by atoms with E-state index in [1.807, 2.05) is 28.0 Å². The zero-order valence-corrected chi connectivity index (χ0v) is 16.5. The molecule has 0 spiro atoms. The van der Waals surface area contributed by atoms with Crippen LogP contribution in [0.25, 0.3) is 11.1 Å². The maximum absolute atomic E-state index is 13.0. The van der Waals surface area contributed by atoms with Gasteiger partial charge in [-0.05, 0) is 48.9 Å². The normalized spacial score (nSPS) is 16.0. The lowest BCUT2D eigenvalue weighted by Gasteiger charge is -2.26. The Morgan fingerprint density at radius 2 is 1.97 bits per heavy atom. The largest absolute Gasteiger partial charge is 0.474 e. The van der Waals surface area contributed by atoms with Gasteiger partial charge in [-0.25, -0.2) is 4.98 Å². The van der Waals surface area contributed by atoms with Gasteiger partial charge < -0.3 is 9.64 Å². The Morgan fingerprint density at radius 3 is 2.66 bits per heavy atom. The first-order chi connectivity index (χ1) is 14.2. The average Bonchev–Trinajstić information content (AvgIpc) is 3.31. The lowest BCUT2D eigenvalue weighted by atomic mass is 9.96. The second-order valence-electron chi connectivity index (χ2n) is 7.76. The fourth-order valence-electron chi connectivity index (χ4n) is 3.85. The van der Waals surface area contributed by atoms with Crippen molar-refractivity contribution in [2.75, 3.05) is 0 Å². The topological polar surface area (TPSA) is 60.2 Å². The molecule has 0 radical (unpaired) electrons. The van der Waals surface area contributed by atoms with Crippen molar-refractivity contribution in [2.24, 2.45) is 0 Å². The van der Waals surface area contributed by atoms with Gasteiger partial charge in [0.25, 0.3) is 5.91 Å². The van der Waals surface area contributed by atoms with Gasteiger partial charge in [0.05, 0.1) is 6.20 Å². The Morgan fingerprint density at radius 1 is 1.14 bits per heavy atom. The summed E-state index contributed by atoms with van der Waals surface area (Å²) < 4.78 is 7.89. The number of ether oxygens (including phenoxy) is 1. The first kappa shape index (κ1) is 17.9. The zero-order chi connectivity index (χ0) is 19.8. The van der Waals surface area contributed by atoms with Crippen LogP contribution in [0.2, 0.25) is 0 Å². The van der Waals surface area contributed by atoms with Crippen molar-refractivity contribution in [3.63, 3.8) is 0 Å². The van der Waals surface area contributed by atoms with Gasteiger partial charge in [0.1, 0.15) is 11.7 Å². The number of pyridine rings is 1. The molecule has 1 amide bonds. The summed E-state index contributed by atoms with van der Waals surface area (Å²) in [6, 6.07) is 10.3. The van der Waals surface area contributed by atoms with E-state index in [9.17, 15) is 4.79 Å². The van der Waals surface area contributed by atoms with Crippen LogP contribution in [0, 0.1) is 0 Å². The molecule has 3 aromatic rings. The second kappa shape index (κ2) is 7.35. The van der Waals surface area contributed by atoms with E-state index in [1.54, 1.807) is 6.20 Å². The predicted molar refractivity (Wildman–Crippen MR) is 109 cm³/mol. The standard InChI is InChI=1S/C23H24N4O2/c1-2-27-15-19(12-25-27)17-8-6-16(7-9-17)13-26-14-18-10-11-24-22(21(18)23(26)28)29-20-4-3-5-20/h6-12,15,20H,2-5,13-14H2,1H3. The van der Waals surface area contributed by atoms with Crippen LogP contribution < -0.4 is 4.74 Å². The fourth-order valence-corrected chi connectivity index (χ4v) is 3.85. The smallest absolute Gasteiger partial charge is 0.260 e. The van der Waals surface area contributed by atoms with Crippen LogP contribution in [-0.2, 0) is 19.6 Å². The number of hydrogen-bond acceptors (Lipinski definition) is 4. The molecule has 0 N–H and O–H groups in total. The molecule has 2 aliphatic rings. The molecule has 0 bridgehead atoms. The molecule has 1 aromatic carbocycles. The minimum absolute atomic E-state index is 0.00993. The molecule has 1 saturated carbocycles. The Bertz CT molecular complexity index is 1040. The Balaban J connectivity index is 1.30. The third kappa shape index (κ3) is 3.39. The molecule has 29 heavy (non-hydrogen) atoms. The third-order valence-corrected chi connectivity index (χ3v) is 5.81. The third-order valence-electron chi connectivity index (χ3n) is 5.81. The minimum Gasteiger partial charge on any atom is -0.474 e. The van der Waals surface area contributed by atoms with E-state index in [0.717, 1.165) is 41.6 Å². The van der Waals surface area contributed by atoms with Gasteiger partial charge in [-0.2, -0.15) is 5.10 Å². The van der Waals surface area contributed by atoms with Gasteiger partial charge >= 0.3 is 0 Å². The molecule has 148 valence electrons. The molecule has 0 atom stereocenters. The molecule has 0 unspecified atom stereocenters. The number of carbonyl (C=O) groups excluding carboxylic acids is 1. The summed E-state index contributed by atoms with van der Waals surface area (Å²) in [4.78, 5) is 19.2. The summed E-state index contributed by atoms with van der Waals surface area (Å²) in [5, 5.41) is 4.33. The molecule has 1 aliphatic carbocycles. The number of fused-ring (bicyclic) bond motifs is 1. The number of aromatic nitrogens is 3. The van der Waals surface area contributed by atoms with Gasteiger partial charge in [0.2, 0.25) is 5.88 Å². The van der Waals surface area contributed by atoms with Crippen LogP contribution in [0.15, 0.2) is 48.9 Å². The molecule has 5 rings (SSSR count). The molecule has 6 heteroatoms. The van der Waals surface area contributed by atoms with Crippen molar-refractivity contribution in [3.05, 3.63) is 65.6 Å². The highest BCUT2D eigenvalue weighted by Gasteiger charge is 2.33. The van der Waals surface area contributed by atoms with Gasteiger partial charge in [0.15, 0.2) is 0 Å². The van der Waals surface area contributed by atoms with Gasteiger partial charge in [-0.1, -0.05) is 24.3 Å². The van der Waals surface area contributed by atoms with Crippen LogP contribution in [0.3, 0.4) is 0 Å². The molecule has 6 nitrogen and oxygen atoms in total. The summed E-state index contributed by atoms with van der Waals surface area (Å²) in [7, 11) is 0. The number of rotatable bonds is 6. The fraction of sp³-hybridized carbons (Fsp3) is 0.348. The average molecular weight is 388 g/mol. The lowest BCUT2D eigenvalue weighted by molar-refractivity contribution is 0.0750. The number of hydrogen-bond donors (Lipinski definition) is 0. The Hall–Kier alpha value is -3.15. The maximum atomic E-state index is 13.0. The number of nitrogens with zero attached hydrogens (tertiary/aromatic N) is 4. The monoisotopic (exact) mass is 388 g/mol. The van der Waals surface area contributed by atoms with Crippen LogP contribution in [0.5, 0.6) is 5.88 Å². The summed E-state index contributed by atoms with van der Waals surface area (Å²) in [5.41, 5.74) is 4.98. The molecule has 1 aliphatic heterocycles. The van der Waals surface area contributed by atoms with E-state index >= 15 is 0 Å². The number of amides is 1. The van der Waals surface area contributed by atoms with Crippen molar-refractivity contribution in [1.82, 2.24) is 19.7 Å². The lowest BCUT2D eigenvalue weighted by Crippen LogP contribution is -2.27. The first-order valence-corrected chi connectivity index (χ1v) is 10.3. The van der Waals surface area contributed by atoms with E-state index in [2.05, 4.69) is 41.3 Å². The summed E-state index contributed by atoms with van der Waals surface area (Å²) in [6.45, 7) is 4.10. The maximum Gasteiger partial charge on any atom is 0.260 e. The van der Waals surface area contributed by atoms with Crippen LogP contribution >= 0.6 is 0 Å². The minimum atomic E-state index is 0.00993. The van der Waals surface area contributed by atoms with Crippen molar-refractivity contribution >= 4 is 5.91 Å². The molecular formula is C23H24N4O2. The van der Waals surface area contributed by atoms with Crippen molar-refractivity contribution in [2.45, 2.75) is 51.9 Å². The molecule has 1 fully saturated rings. The van der Waals surface area contributed by atoms with E-state index in [4.69, 9.17) is 4.74 Å². The Kier molecular flexibility index (Phi) is 4.54. The van der Waals surface area contributed by atoms with Crippen molar-refractivity contribution in [1.29, 1.82) is 0 Å². The van der Waals surface area contributed by atoms with Crippen LogP contribution in [0.1, 0.15) is 47.7 Å². The Labute approximate surface area is 170 Å². The van der Waals surface area contributed by atoms with Gasteiger partial charge in [-0.15, -0.1) is 0 Å². The molecule has 2 aromatic heterocycles. The van der Waals surface area contributed by atoms with Gasteiger partial charge in [-0.3, -0.25) is 9.48 Å². The zero-order valence-electron chi connectivity index (χ0n) is 16.5. The first-order valence-electron chi connectivity index (χ1n) is 10.3. The molecule has 0 saturated heterocycles. The summed E-state index contributed by atoms with van der Waals surface area (Å²) >= 11 is 0. The highest BCUT2D eigenvalue weighted by Crippen LogP contribution is 2.33. The van der Waals surface area contributed by atoms with Crippen LogP contribution in [0.4, 0.5) is 0 Å². The van der Waals surface area contributed by atoms with E-state index in [0.29, 0.717) is 24.5 Å². The molecule has 3 heterocycles. The highest BCUT2D eigenvalue weighted by molar-refractivity contribution is 6.00. The van der Waals surface area contributed by atoms with Crippen LogP contribution in [-0.4, -0.2) is 31.7 Å². The van der Waals surface area contributed by atoms with Crippen molar-refractivity contribution < 1.29 is 9.53 Å². The predicted octanol–water partition coefficient (Wildman–Crippen LogP) is 4.05. The summed E-state index contributed by atoms with van der Waals surface area (Å²) in [5.74, 6) is 0.513. The highest BCUT2D eigenvalue weighted by atomic mass is 16.5. The van der Waals surface area contributed by atoms with Crippen molar-refractivity contribution in [3.8, 4) is 17.0 Å². The summed E-state index contributed by atoms with van der Waals surface area (Å²) in [6.07, 6.45) is 9.17.